The van der Waals surface area contributed by atoms with E-state index in [9.17, 15) is 4.79 Å². The van der Waals surface area contributed by atoms with Crippen molar-refractivity contribution < 1.29 is 19.5 Å². The Balaban J connectivity index is 2.98. The zero-order valence-electron chi connectivity index (χ0n) is 4.24. The number of hydrogen-bond donors (Lipinski definition) is 2. The van der Waals surface area contributed by atoms with Crippen molar-refractivity contribution in [2.75, 3.05) is 0 Å². The first-order chi connectivity index (χ1) is 4.20. The van der Waals surface area contributed by atoms with Gasteiger partial charge in [-0.15, -0.1) is 0 Å². The van der Waals surface area contributed by atoms with Gasteiger partial charge in [-0.1, -0.05) is 5.16 Å². The molecule has 5 nitrogen and oxygen atoms in total. The molecule has 1 rings (SSSR count). The first-order valence-corrected chi connectivity index (χ1v) is 2.09. The summed E-state index contributed by atoms with van der Waals surface area (Å²) in [7, 11) is 0. The van der Waals surface area contributed by atoms with Gasteiger partial charge in [0.2, 0.25) is 0 Å². The Morgan fingerprint density at radius 2 is 2.44 bits per heavy atom. The van der Waals surface area contributed by atoms with E-state index in [1.54, 1.807) is 0 Å². The second-order valence-electron chi connectivity index (χ2n) is 1.36. The molecule has 0 aliphatic rings. The van der Waals surface area contributed by atoms with Gasteiger partial charge in [-0.3, -0.25) is 0 Å². The van der Waals surface area contributed by atoms with Crippen LogP contribution in [-0.2, 0) is 0 Å². The minimum atomic E-state index is -1.22. The molecule has 0 aliphatic heterocycles. The Hall–Kier alpha value is -1.52. The Morgan fingerprint density at radius 1 is 1.78 bits per heavy atom. The molecule has 0 aromatic carbocycles. The summed E-state index contributed by atoms with van der Waals surface area (Å²) < 4.78 is 4.05. The molecule has 1 aromatic heterocycles. The number of aromatic carboxylic acids is 1. The minimum absolute atomic E-state index is 0.299. The SMILES string of the molecule is O=C(O)c1cc(O)on1. The Bertz CT molecular complexity index is 228. The van der Waals surface area contributed by atoms with Crippen LogP contribution in [0, 0.1) is 0 Å². The fourth-order valence-corrected chi connectivity index (χ4v) is 0.366. The number of aromatic nitrogens is 1. The van der Waals surface area contributed by atoms with Gasteiger partial charge in [-0.2, -0.15) is 0 Å². The molecule has 0 aliphatic carbocycles. The van der Waals surface area contributed by atoms with Crippen molar-refractivity contribution in [3.63, 3.8) is 0 Å². The van der Waals surface area contributed by atoms with Crippen LogP contribution in [0.4, 0.5) is 0 Å². The first kappa shape index (κ1) is 5.61. The molecule has 0 fully saturated rings. The summed E-state index contributed by atoms with van der Waals surface area (Å²) in [6.45, 7) is 0. The van der Waals surface area contributed by atoms with Gasteiger partial charge in [0.15, 0.2) is 5.69 Å². The average molecular weight is 129 g/mol. The van der Waals surface area contributed by atoms with Gasteiger partial charge in [0.1, 0.15) is 0 Å². The van der Waals surface area contributed by atoms with Gasteiger partial charge in [-0.05, 0) is 0 Å². The number of carbonyl (C=O) groups is 1. The lowest BCUT2D eigenvalue weighted by atomic mass is 10.4. The molecule has 0 saturated carbocycles. The molecule has 5 heteroatoms. The number of rotatable bonds is 1. The van der Waals surface area contributed by atoms with E-state index >= 15 is 0 Å². The van der Waals surface area contributed by atoms with Crippen LogP contribution in [0.15, 0.2) is 10.6 Å². The predicted molar refractivity (Wildman–Crippen MR) is 25.1 cm³/mol. The molecule has 0 atom stereocenters. The van der Waals surface area contributed by atoms with Crippen molar-refractivity contribution in [1.29, 1.82) is 0 Å². The zero-order valence-corrected chi connectivity index (χ0v) is 4.24. The minimum Gasteiger partial charge on any atom is -0.479 e. The molecule has 0 amide bonds. The monoisotopic (exact) mass is 129 g/mol. The maximum Gasteiger partial charge on any atom is 0.358 e. The standard InChI is InChI=1S/C4H3NO4/c6-3-1-2(4(7)8)5-9-3/h1,6H,(H,7,8). The maximum absolute atomic E-state index is 9.98. The molecule has 0 spiro atoms. The molecule has 48 valence electrons. The van der Waals surface area contributed by atoms with E-state index in [1.165, 1.54) is 0 Å². The summed E-state index contributed by atoms with van der Waals surface area (Å²) in [5.41, 5.74) is -0.299. The molecule has 0 radical (unpaired) electrons. The largest absolute Gasteiger partial charge is 0.479 e. The average Bonchev–Trinajstić information content (AvgIpc) is 2.14. The van der Waals surface area contributed by atoms with Crippen LogP contribution < -0.4 is 0 Å². The topological polar surface area (TPSA) is 83.6 Å². The predicted octanol–water partition coefficient (Wildman–Crippen LogP) is 0.0784. The highest BCUT2D eigenvalue weighted by molar-refractivity contribution is 5.85. The maximum atomic E-state index is 9.98. The first-order valence-electron chi connectivity index (χ1n) is 2.09. The Labute approximate surface area is 49.5 Å². The van der Waals surface area contributed by atoms with Crippen molar-refractivity contribution in [2.45, 2.75) is 0 Å². The van der Waals surface area contributed by atoms with Crippen molar-refractivity contribution in [1.82, 2.24) is 5.16 Å². The van der Waals surface area contributed by atoms with Crippen molar-refractivity contribution >= 4 is 5.97 Å². The van der Waals surface area contributed by atoms with E-state index in [2.05, 4.69) is 9.68 Å². The van der Waals surface area contributed by atoms with Gasteiger partial charge in [0.05, 0.1) is 6.07 Å². The normalized spacial score (nSPS) is 9.33. The molecule has 1 heterocycles. The van der Waals surface area contributed by atoms with Crippen molar-refractivity contribution in [2.24, 2.45) is 0 Å². The number of carboxylic acid groups (broad SMARTS) is 1. The fourth-order valence-electron chi connectivity index (χ4n) is 0.366. The van der Waals surface area contributed by atoms with Gasteiger partial charge in [0.25, 0.3) is 0 Å². The van der Waals surface area contributed by atoms with Gasteiger partial charge >= 0.3 is 11.9 Å². The third kappa shape index (κ3) is 0.987. The number of nitrogens with zero attached hydrogens (tertiary/aromatic N) is 1. The quantitative estimate of drug-likeness (QED) is 0.560. The summed E-state index contributed by atoms with van der Waals surface area (Å²) in [6, 6.07) is 0.919. The van der Waals surface area contributed by atoms with E-state index in [1.807, 2.05) is 0 Å². The summed E-state index contributed by atoms with van der Waals surface area (Å²) >= 11 is 0. The van der Waals surface area contributed by atoms with E-state index in [0.717, 1.165) is 6.07 Å². The third-order valence-electron chi connectivity index (χ3n) is 0.717. The molecular formula is C4H3NO4. The smallest absolute Gasteiger partial charge is 0.358 e. The molecule has 0 bridgehead atoms. The molecular weight excluding hydrogens is 126 g/mol. The second kappa shape index (κ2) is 1.77. The van der Waals surface area contributed by atoms with Crippen LogP contribution in [0.3, 0.4) is 0 Å². The summed E-state index contributed by atoms with van der Waals surface area (Å²) in [5, 5.41) is 19.6. The van der Waals surface area contributed by atoms with Crippen molar-refractivity contribution in [3.8, 4) is 5.95 Å². The van der Waals surface area contributed by atoms with E-state index in [4.69, 9.17) is 10.2 Å². The molecule has 2 N–H and O–H groups in total. The Morgan fingerprint density at radius 3 is 2.67 bits per heavy atom. The highest BCUT2D eigenvalue weighted by Crippen LogP contribution is 2.08. The van der Waals surface area contributed by atoms with Gasteiger partial charge < -0.3 is 14.7 Å². The lowest BCUT2D eigenvalue weighted by molar-refractivity contribution is 0.0685. The number of hydrogen-bond acceptors (Lipinski definition) is 4. The van der Waals surface area contributed by atoms with Crippen LogP contribution in [0.5, 0.6) is 5.95 Å². The Kier molecular flexibility index (Phi) is 1.11. The van der Waals surface area contributed by atoms with E-state index in [0.29, 0.717) is 0 Å². The zero-order chi connectivity index (χ0) is 6.85. The van der Waals surface area contributed by atoms with Crippen LogP contribution in [0.25, 0.3) is 0 Å². The molecule has 1 aromatic rings. The van der Waals surface area contributed by atoms with Crippen molar-refractivity contribution in [3.05, 3.63) is 11.8 Å². The molecule has 9 heavy (non-hydrogen) atoms. The fraction of sp³-hybridized carbons (Fsp3) is 0. The summed E-state index contributed by atoms with van der Waals surface area (Å²) in [6.07, 6.45) is 0. The van der Waals surface area contributed by atoms with Gasteiger partial charge in [-0.25, -0.2) is 4.79 Å². The second-order valence-corrected chi connectivity index (χ2v) is 1.36. The summed E-state index contributed by atoms with van der Waals surface area (Å²) in [4.78, 5) is 9.98. The van der Waals surface area contributed by atoms with Crippen LogP contribution in [0.2, 0.25) is 0 Å². The van der Waals surface area contributed by atoms with Crippen LogP contribution in [0.1, 0.15) is 10.5 Å². The van der Waals surface area contributed by atoms with Gasteiger partial charge in [0, 0.05) is 0 Å². The lowest BCUT2D eigenvalue weighted by Crippen LogP contribution is -1.94. The van der Waals surface area contributed by atoms with E-state index < -0.39 is 11.9 Å². The number of aromatic hydroxyl groups is 1. The summed E-state index contributed by atoms with van der Waals surface area (Å²) in [5.74, 6) is -1.72. The number of carboxylic acids is 1. The van der Waals surface area contributed by atoms with E-state index in [-0.39, 0.29) is 5.69 Å². The molecule has 0 saturated heterocycles. The highest BCUT2D eigenvalue weighted by atomic mass is 16.5. The lowest BCUT2D eigenvalue weighted by Gasteiger charge is -1.75. The molecule has 0 unspecified atom stereocenters. The van der Waals surface area contributed by atoms with Crippen LogP contribution >= 0.6 is 0 Å². The van der Waals surface area contributed by atoms with Crippen LogP contribution in [-0.4, -0.2) is 21.3 Å². The highest BCUT2D eigenvalue weighted by Gasteiger charge is 2.08. The third-order valence-corrected chi connectivity index (χ3v) is 0.717.